The lowest BCUT2D eigenvalue weighted by Crippen LogP contribution is -2.21. The molecule has 0 spiro atoms. The highest BCUT2D eigenvalue weighted by Gasteiger charge is 2.19. The van der Waals surface area contributed by atoms with E-state index in [2.05, 4.69) is 15.5 Å². The van der Waals surface area contributed by atoms with Crippen molar-refractivity contribution < 1.29 is 19.4 Å². The van der Waals surface area contributed by atoms with Crippen LogP contribution < -0.4 is 10.1 Å². The van der Waals surface area contributed by atoms with E-state index < -0.39 is 5.91 Å². The number of para-hydroxylation sites is 1. The number of ether oxygens (including phenoxy) is 1. The molecule has 0 saturated carbocycles. The fraction of sp³-hybridized carbons (Fsp3) is 0.143. The minimum absolute atomic E-state index is 0.0643. The highest BCUT2D eigenvalue weighted by molar-refractivity contribution is 6.12. The molecule has 0 fully saturated rings. The number of fused-ring (bicyclic) bond motifs is 1. The van der Waals surface area contributed by atoms with Crippen molar-refractivity contribution in [3.05, 3.63) is 89.5 Å². The number of hydrogen-bond donors (Lipinski definition) is 2. The van der Waals surface area contributed by atoms with Crippen LogP contribution in [-0.4, -0.2) is 43.0 Å². The number of azo groups is 1. The second-order valence-corrected chi connectivity index (χ2v) is 8.40. The number of anilines is 1. The molecule has 4 rings (SSSR count). The van der Waals surface area contributed by atoms with Gasteiger partial charge in [0, 0.05) is 30.7 Å². The first kappa shape index (κ1) is 24.4. The SMILES string of the molecule is COc1ccc(C(=O)N(C)C)cc1/N=N/c1c(O)c(C(=O)Nc2ccccc2C)cc2ccccc12. The number of nitrogens with one attached hydrogen (secondary N) is 1. The van der Waals surface area contributed by atoms with Crippen LogP contribution in [0.2, 0.25) is 0 Å². The Morgan fingerprint density at radius 2 is 1.67 bits per heavy atom. The van der Waals surface area contributed by atoms with E-state index in [9.17, 15) is 14.7 Å². The van der Waals surface area contributed by atoms with Gasteiger partial charge in [0.25, 0.3) is 11.8 Å². The van der Waals surface area contributed by atoms with Gasteiger partial charge in [-0.1, -0.05) is 42.5 Å². The summed E-state index contributed by atoms with van der Waals surface area (Å²) in [6.07, 6.45) is 0. The summed E-state index contributed by atoms with van der Waals surface area (Å²) < 4.78 is 5.38. The third-order valence-corrected chi connectivity index (χ3v) is 5.72. The van der Waals surface area contributed by atoms with Crippen LogP contribution in [0, 0.1) is 6.92 Å². The zero-order chi connectivity index (χ0) is 25.8. The Morgan fingerprint density at radius 1 is 0.944 bits per heavy atom. The summed E-state index contributed by atoms with van der Waals surface area (Å²) in [5.41, 5.74) is 2.46. The van der Waals surface area contributed by atoms with Gasteiger partial charge < -0.3 is 20.1 Å². The molecule has 2 N–H and O–H groups in total. The average Bonchev–Trinajstić information content (AvgIpc) is 2.88. The average molecular weight is 483 g/mol. The highest BCUT2D eigenvalue weighted by atomic mass is 16.5. The quantitative estimate of drug-likeness (QED) is 0.318. The van der Waals surface area contributed by atoms with Crippen molar-refractivity contribution in [3.63, 3.8) is 0 Å². The lowest BCUT2D eigenvalue weighted by atomic mass is 10.0. The van der Waals surface area contributed by atoms with Gasteiger partial charge in [0.2, 0.25) is 0 Å². The van der Waals surface area contributed by atoms with Gasteiger partial charge in [-0.2, -0.15) is 0 Å². The monoisotopic (exact) mass is 482 g/mol. The zero-order valence-electron chi connectivity index (χ0n) is 20.4. The molecule has 0 aliphatic rings. The topological polar surface area (TPSA) is 104 Å². The number of carbonyl (C=O) groups is 2. The number of hydrogen-bond acceptors (Lipinski definition) is 6. The van der Waals surface area contributed by atoms with E-state index in [4.69, 9.17) is 4.74 Å². The van der Waals surface area contributed by atoms with Crippen LogP contribution in [0.15, 0.2) is 83.0 Å². The van der Waals surface area contributed by atoms with E-state index >= 15 is 0 Å². The minimum Gasteiger partial charge on any atom is -0.505 e. The molecule has 8 heteroatoms. The molecule has 0 unspecified atom stereocenters. The third-order valence-electron chi connectivity index (χ3n) is 5.72. The number of aromatic hydroxyl groups is 1. The molecular formula is C28H26N4O4. The van der Waals surface area contributed by atoms with Crippen LogP contribution in [-0.2, 0) is 0 Å². The molecule has 8 nitrogen and oxygen atoms in total. The van der Waals surface area contributed by atoms with Crippen molar-refractivity contribution in [3.8, 4) is 11.5 Å². The van der Waals surface area contributed by atoms with Crippen molar-refractivity contribution in [1.29, 1.82) is 0 Å². The Morgan fingerprint density at radius 3 is 2.39 bits per heavy atom. The van der Waals surface area contributed by atoms with Crippen LogP contribution >= 0.6 is 0 Å². The van der Waals surface area contributed by atoms with Crippen molar-refractivity contribution in [2.75, 3.05) is 26.5 Å². The second kappa shape index (κ2) is 10.3. The fourth-order valence-electron chi connectivity index (χ4n) is 3.76. The number of carbonyl (C=O) groups excluding carboxylic acids is 2. The smallest absolute Gasteiger partial charge is 0.259 e. The summed E-state index contributed by atoms with van der Waals surface area (Å²) in [5, 5.41) is 23.9. The summed E-state index contributed by atoms with van der Waals surface area (Å²) in [5.74, 6) is -0.563. The van der Waals surface area contributed by atoms with Gasteiger partial charge in [-0.25, -0.2) is 0 Å². The molecule has 4 aromatic carbocycles. The lowest BCUT2D eigenvalue weighted by molar-refractivity contribution is 0.0827. The maximum absolute atomic E-state index is 13.1. The predicted molar refractivity (Wildman–Crippen MR) is 140 cm³/mol. The summed E-state index contributed by atoms with van der Waals surface area (Å²) in [6.45, 7) is 1.89. The van der Waals surface area contributed by atoms with Gasteiger partial charge in [0.05, 0.1) is 12.7 Å². The first-order chi connectivity index (χ1) is 17.3. The molecule has 0 heterocycles. The molecule has 0 aliphatic heterocycles. The van der Waals surface area contributed by atoms with Crippen molar-refractivity contribution in [2.24, 2.45) is 10.2 Å². The summed E-state index contributed by atoms with van der Waals surface area (Å²) in [4.78, 5) is 27.0. The molecule has 0 saturated heterocycles. The van der Waals surface area contributed by atoms with Crippen LogP contribution in [0.4, 0.5) is 17.1 Å². The molecule has 2 amide bonds. The Kier molecular flexibility index (Phi) is 6.96. The lowest BCUT2D eigenvalue weighted by Gasteiger charge is -2.13. The number of nitrogens with zero attached hydrogens (tertiary/aromatic N) is 3. The molecule has 0 atom stereocenters. The van der Waals surface area contributed by atoms with E-state index in [0.717, 1.165) is 5.56 Å². The largest absolute Gasteiger partial charge is 0.505 e. The first-order valence-corrected chi connectivity index (χ1v) is 11.2. The molecular weight excluding hydrogens is 456 g/mol. The summed E-state index contributed by atoms with van der Waals surface area (Å²) in [7, 11) is 4.81. The minimum atomic E-state index is -0.472. The third kappa shape index (κ3) is 4.88. The van der Waals surface area contributed by atoms with Gasteiger partial charge in [-0.15, -0.1) is 10.2 Å². The Hall–Kier alpha value is -4.72. The van der Waals surface area contributed by atoms with Crippen molar-refractivity contribution in [1.82, 2.24) is 4.90 Å². The number of amides is 2. The Balaban J connectivity index is 1.80. The van der Waals surface area contributed by atoms with Crippen LogP contribution in [0.25, 0.3) is 10.8 Å². The summed E-state index contributed by atoms with van der Waals surface area (Å²) in [6, 6.07) is 21.1. The maximum atomic E-state index is 13.1. The predicted octanol–water partition coefficient (Wildman–Crippen LogP) is 6.23. The Bertz CT molecular complexity index is 1490. The van der Waals surface area contributed by atoms with E-state index in [0.29, 0.717) is 33.5 Å². The van der Waals surface area contributed by atoms with E-state index in [1.807, 2.05) is 43.3 Å². The molecule has 4 aromatic rings. The first-order valence-electron chi connectivity index (χ1n) is 11.2. The number of rotatable bonds is 6. The van der Waals surface area contributed by atoms with Crippen LogP contribution in [0.5, 0.6) is 11.5 Å². The number of phenols is 1. The van der Waals surface area contributed by atoms with Gasteiger partial charge in [-0.3, -0.25) is 9.59 Å². The molecule has 182 valence electrons. The molecule has 0 radical (unpaired) electrons. The van der Waals surface area contributed by atoms with E-state index in [1.165, 1.54) is 12.0 Å². The normalized spacial score (nSPS) is 11.0. The number of benzene rings is 4. The zero-order valence-corrected chi connectivity index (χ0v) is 20.4. The number of phenolic OH excluding ortho intramolecular Hbond substituents is 1. The second-order valence-electron chi connectivity index (χ2n) is 8.40. The van der Waals surface area contributed by atoms with Crippen LogP contribution in [0.3, 0.4) is 0 Å². The van der Waals surface area contributed by atoms with Crippen molar-refractivity contribution in [2.45, 2.75) is 6.92 Å². The van der Waals surface area contributed by atoms with Gasteiger partial charge in [0.1, 0.15) is 17.1 Å². The molecule has 36 heavy (non-hydrogen) atoms. The standard InChI is InChI=1S/C28H26N4O4/c1-17-9-5-8-12-22(17)29-27(34)21-15-18-10-6-7-11-20(18)25(26(21)33)31-30-23-16-19(28(35)32(2)3)13-14-24(23)36-4/h5-16,33H,1-4H3,(H,29,34)/b31-30+. The van der Waals surface area contributed by atoms with E-state index in [-0.39, 0.29) is 22.9 Å². The number of aryl methyl sites for hydroxylation is 1. The highest BCUT2D eigenvalue weighted by Crippen LogP contribution is 2.40. The molecule has 0 bridgehead atoms. The van der Waals surface area contributed by atoms with Gasteiger partial charge >= 0.3 is 0 Å². The van der Waals surface area contributed by atoms with Crippen molar-refractivity contribution >= 4 is 39.6 Å². The fourth-order valence-corrected chi connectivity index (χ4v) is 3.76. The van der Waals surface area contributed by atoms with Crippen LogP contribution in [0.1, 0.15) is 26.3 Å². The molecule has 0 aromatic heterocycles. The Labute approximate surface area is 208 Å². The van der Waals surface area contributed by atoms with Gasteiger partial charge in [-0.05, 0) is 48.2 Å². The maximum Gasteiger partial charge on any atom is 0.259 e. The number of methoxy groups -OCH3 is 1. The summed E-state index contributed by atoms with van der Waals surface area (Å²) >= 11 is 0. The molecule has 0 aliphatic carbocycles. The van der Waals surface area contributed by atoms with Gasteiger partial charge in [0.15, 0.2) is 5.75 Å². The van der Waals surface area contributed by atoms with E-state index in [1.54, 1.807) is 50.5 Å².